The molecule has 0 spiro atoms. The summed E-state index contributed by atoms with van der Waals surface area (Å²) in [6.45, 7) is 9.05. The number of aliphatic hydroxyl groups is 1. The molecule has 1 saturated carbocycles. The summed E-state index contributed by atoms with van der Waals surface area (Å²) >= 11 is 0. The van der Waals surface area contributed by atoms with Gasteiger partial charge >= 0.3 is 0 Å². The Balaban J connectivity index is 1.98. The fourth-order valence-electron chi connectivity index (χ4n) is 3.84. The lowest BCUT2D eigenvalue weighted by Gasteiger charge is -2.37. The zero-order chi connectivity index (χ0) is 12.7. The van der Waals surface area contributed by atoms with Crippen molar-refractivity contribution in [3.05, 3.63) is 11.6 Å². The van der Waals surface area contributed by atoms with Gasteiger partial charge in [0.25, 0.3) is 0 Å². The van der Waals surface area contributed by atoms with E-state index in [1.165, 1.54) is 12.8 Å². The monoisotopic (exact) mass is 238 g/mol. The second-order valence-corrected chi connectivity index (χ2v) is 6.41. The molecule has 4 atom stereocenters. The molecule has 0 aromatic rings. The van der Waals surface area contributed by atoms with Gasteiger partial charge < -0.3 is 9.84 Å². The molecule has 17 heavy (non-hydrogen) atoms. The zero-order valence-electron chi connectivity index (χ0n) is 11.6. The minimum Gasteiger partial charge on any atom is -0.392 e. The Morgan fingerprint density at radius 2 is 2.18 bits per heavy atom. The van der Waals surface area contributed by atoms with E-state index in [2.05, 4.69) is 26.8 Å². The Bertz CT molecular complexity index is 323. The number of hydrogen-bond acceptors (Lipinski definition) is 2. The van der Waals surface area contributed by atoms with Gasteiger partial charge in [0, 0.05) is 0 Å². The van der Waals surface area contributed by atoms with Crippen LogP contribution in [0.25, 0.3) is 0 Å². The van der Waals surface area contributed by atoms with E-state index in [0.29, 0.717) is 5.92 Å². The van der Waals surface area contributed by atoms with Gasteiger partial charge in [-0.1, -0.05) is 18.6 Å². The Kier molecular flexibility index (Phi) is 3.39. The van der Waals surface area contributed by atoms with Crippen molar-refractivity contribution in [3.8, 4) is 0 Å². The van der Waals surface area contributed by atoms with Crippen LogP contribution in [-0.2, 0) is 4.74 Å². The standard InChI is InChI=1S/C15H26O2/c1-11(10-16)6-5-8-15(4)13-7-9-14(3,17-15)12(13)2/h6,12-13,16H,5,7-10H2,1-4H3/t12-,13+,14-,15+/m0/s1. The summed E-state index contributed by atoms with van der Waals surface area (Å²) in [5.41, 5.74) is 1.24. The second kappa shape index (κ2) is 4.40. The van der Waals surface area contributed by atoms with Crippen molar-refractivity contribution < 1.29 is 9.84 Å². The minimum atomic E-state index is 0.0542. The topological polar surface area (TPSA) is 29.5 Å². The molecule has 1 aliphatic heterocycles. The number of allylic oxidation sites excluding steroid dienone is 1. The Labute approximate surface area is 105 Å². The molecule has 0 radical (unpaired) electrons. The number of fused-ring (bicyclic) bond motifs is 2. The van der Waals surface area contributed by atoms with E-state index < -0.39 is 0 Å². The van der Waals surface area contributed by atoms with Crippen molar-refractivity contribution in [1.29, 1.82) is 0 Å². The normalized spacial score (nSPS) is 45.6. The minimum absolute atomic E-state index is 0.0542. The van der Waals surface area contributed by atoms with Gasteiger partial charge in [-0.3, -0.25) is 0 Å². The van der Waals surface area contributed by atoms with Crippen molar-refractivity contribution >= 4 is 0 Å². The van der Waals surface area contributed by atoms with Gasteiger partial charge in [0.1, 0.15) is 0 Å². The van der Waals surface area contributed by atoms with E-state index in [4.69, 9.17) is 9.84 Å². The summed E-state index contributed by atoms with van der Waals surface area (Å²) < 4.78 is 6.37. The number of rotatable bonds is 4. The molecule has 1 N–H and O–H groups in total. The van der Waals surface area contributed by atoms with Crippen molar-refractivity contribution in [2.45, 2.75) is 64.6 Å². The molecule has 1 heterocycles. The highest BCUT2D eigenvalue weighted by Gasteiger charge is 2.59. The second-order valence-electron chi connectivity index (χ2n) is 6.41. The predicted molar refractivity (Wildman–Crippen MR) is 69.9 cm³/mol. The highest BCUT2D eigenvalue weighted by molar-refractivity contribution is 5.09. The Morgan fingerprint density at radius 3 is 2.65 bits per heavy atom. The zero-order valence-corrected chi connectivity index (χ0v) is 11.6. The Morgan fingerprint density at radius 1 is 1.47 bits per heavy atom. The van der Waals surface area contributed by atoms with Crippen LogP contribution in [0, 0.1) is 11.8 Å². The van der Waals surface area contributed by atoms with Gasteiger partial charge in [-0.05, 0) is 58.3 Å². The molecule has 2 nitrogen and oxygen atoms in total. The molecular weight excluding hydrogens is 212 g/mol. The van der Waals surface area contributed by atoms with Crippen molar-refractivity contribution in [2.24, 2.45) is 11.8 Å². The van der Waals surface area contributed by atoms with E-state index >= 15 is 0 Å². The fraction of sp³-hybridized carbons (Fsp3) is 0.867. The summed E-state index contributed by atoms with van der Waals surface area (Å²) in [6, 6.07) is 0. The van der Waals surface area contributed by atoms with E-state index in [1.807, 2.05) is 6.92 Å². The Hall–Kier alpha value is -0.340. The molecule has 0 aromatic carbocycles. The van der Waals surface area contributed by atoms with Crippen LogP contribution in [0.15, 0.2) is 11.6 Å². The van der Waals surface area contributed by atoms with Crippen molar-refractivity contribution in [1.82, 2.24) is 0 Å². The van der Waals surface area contributed by atoms with Gasteiger partial charge in [0.15, 0.2) is 0 Å². The molecule has 0 amide bonds. The summed E-state index contributed by atoms with van der Waals surface area (Å²) in [6.07, 6.45) is 6.78. The van der Waals surface area contributed by atoms with Crippen LogP contribution in [0.3, 0.4) is 0 Å². The van der Waals surface area contributed by atoms with Gasteiger partial charge in [-0.2, -0.15) is 0 Å². The molecule has 2 aliphatic rings. The summed E-state index contributed by atoms with van der Waals surface area (Å²) in [7, 11) is 0. The molecule has 2 rings (SSSR count). The summed E-state index contributed by atoms with van der Waals surface area (Å²) in [4.78, 5) is 0. The van der Waals surface area contributed by atoms with Gasteiger partial charge in [-0.25, -0.2) is 0 Å². The molecule has 0 unspecified atom stereocenters. The number of ether oxygens (including phenoxy) is 1. The van der Waals surface area contributed by atoms with Crippen LogP contribution in [0.2, 0.25) is 0 Å². The van der Waals surface area contributed by atoms with Crippen LogP contribution >= 0.6 is 0 Å². The smallest absolute Gasteiger partial charge is 0.0696 e. The molecule has 1 saturated heterocycles. The van der Waals surface area contributed by atoms with E-state index in [1.54, 1.807) is 0 Å². The first-order chi connectivity index (χ1) is 7.91. The largest absolute Gasteiger partial charge is 0.392 e. The molecule has 2 bridgehead atoms. The summed E-state index contributed by atoms with van der Waals surface area (Å²) in [5, 5.41) is 8.98. The first-order valence-corrected chi connectivity index (χ1v) is 6.88. The lowest BCUT2D eigenvalue weighted by atomic mass is 9.80. The SMILES string of the molecule is CC(=CCC[C@@]1(C)O[C@@]2(C)CC[C@@H]1[C@@H]2C)CO. The maximum absolute atomic E-state index is 8.98. The highest BCUT2D eigenvalue weighted by Crippen LogP contribution is 2.58. The highest BCUT2D eigenvalue weighted by atomic mass is 16.5. The molecular formula is C15H26O2. The van der Waals surface area contributed by atoms with Crippen molar-refractivity contribution in [2.75, 3.05) is 6.61 Å². The molecule has 2 fully saturated rings. The van der Waals surface area contributed by atoms with Crippen LogP contribution in [-0.4, -0.2) is 22.9 Å². The van der Waals surface area contributed by atoms with Gasteiger partial charge in [0.05, 0.1) is 17.8 Å². The van der Waals surface area contributed by atoms with Crippen LogP contribution < -0.4 is 0 Å². The van der Waals surface area contributed by atoms with Gasteiger partial charge in [0.2, 0.25) is 0 Å². The average molecular weight is 238 g/mol. The molecule has 1 aliphatic carbocycles. The van der Waals surface area contributed by atoms with Crippen LogP contribution in [0.4, 0.5) is 0 Å². The summed E-state index contributed by atoms with van der Waals surface area (Å²) in [5.74, 6) is 1.41. The molecule has 98 valence electrons. The maximum Gasteiger partial charge on any atom is 0.0696 e. The van der Waals surface area contributed by atoms with E-state index in [9.17, 15) is 0 Å². The van der Waals surface area contributed by atoms with Gasteiger partial charge in [-0.15, -0.1) is 0 Å². The predicted octanol–water partition coefficient (Wildman–Crippen LogP) is 3.30. The third kappa shape index (κ3) is 2.17. The molecule has 0 aromatic heterocycles. The average Bonchev–Trinajstić information content (AvgIpc) is 2.64. The first kappa shape index (κ1) is 13.1. The lowest BCUT2D eigenvalue weighted by Crippen LogP contribution is -2.38. The quantitative estimate of drug-likeness (QED) is 0.761. The van der Waals surface area contributed by atoms with E-state index in [-0.39, 0.29) is 17.8 Å². The third-order valence-corrected chi connectivity index (χ3v) is 5.15. The van der Waals surface area contributed by atoms with Crippen LogP contribution in [0.1, 0.15) is 53.4 Å². The first-order valence-electron chi connectivity index (χ1n) is 6.88. The van der Waals surface area contributed by atoms with Crippen LogP contribution in [0.5, 0.6) is 0 Å². The fourth-order valence-corrected chi connectivity index (χ4v) is 3.84. The third-order valence-electron chi connectivity index (χ3n) is 5.15. The molecule has 2 heteroatoms. The maximum atomic E-state index is 8.98. The number of hydrogen-bond donors (Lipinski definition) is 1. The van der Waals surface area contributed by atoms with Crippen molar-refractivity contribution in [3.63, 3.8) is 0 Å². The van der Waals surface area contributed by atoms with E-state index in [0.717, 1.165) is 24.3 Å². The lowest BCUT2D eigenvalue weighted by molar-refractivity contribution is -0.127. The number of aliphatic hydroxyl groups excluding tert-OH is 1.